The monoisotopic (exact) mass is 269 g/mol. The molecule has 0 heterocycles. The predicted molar refractivity (Wildman–Crippen MR) is 88.9 cm³/mol. The molecular weight excluding hydrogens is 242 g/mol. The van der Waals surface area contributed by atoms with Crippen molar-refractivity contribution in [1.82, 2.24) is 0 Å². The molecule has 2 aromatic rings. The molecule has 108 valence electrons. The molecule has 0 aliphatic heterocycles. The van der Waals surface area contributed by atoms with E-state index >= 15 is 0 Å². The van der Waals surface area contributed by atoms with Crippen molar-refractivity contribution in [3.63, 3.8) is 0 Å². The van der Waals surface area contributed by atoms with E-state index in [1.54, 1.807) is 0 Å². The Bertz CT molecular complexity index is 532. The molecule has 0 spiro atoms. The van der Waals surface area contributed by atoms with E-state index in [0.29, 0.717) is 5.92 Å². The first kappa shape index (κ1) is 15.1. The summed E-state index contributed by atoms with van der Waals surface area (Å²) in [6, 6.07) is 15.6. The van der Waals surface area contributed by atoms with E-state index < -0.39 is 0 Å². The second-order valence-electron chi connectivity index (χ2n) is 5.86. The fourth-order valence-electron chi connectivity index (χ4n) is 2.99. The number of hydrogen-bond donors (Lipinski definition) is 1. The molecule has 0 saturated carbocycles. The minimum Gasteiger partial charge on any atom is -0.327 e. The van der Waals surface area contributed by atoms with Crippen LogP contribution in [-0.4, -0.2) is 6.04 Å². The lowest BCUT2D eigenvalue weighted by molar-refractivity contribution is 0.369. The third-order valence-corrected chi connectivity index (χ3v) is 4.34. The van der Waals surface area contributed by atoms with Crippen molar-refractivity contribution >= 4 is 10.8 Å². The third-order valence-electron chi connectivity index (χ3n) is 4.34. The van der Waals surface area contributed by atoms with Crippen LogP contribution in [0.2, 0.25) is 0 Å². The molecule has 0 fully saturated rings. The van der Waals surface area contributed by atoms with Crippen LogP contribution in [0.5, 0.6) is 0 Å². The minimum atomic E-state index is 0.285. The van der Waals surface area contributed by atoms with E-state index in [0.717, 1.165) is 6.42 Å². The van der Waals surface area contributed by atoms with Gasteiger partial charge in [0.1, 0.15) is 0 Å². The van der Waals surface area contributed by atoms with Gasteiger partial charge in [-0.05, 0) is 35.1 Å². The van der Waals surface area contributed by atoms with E-state index in [-0.39, 0.29) is 6.04 Å². The molecule has 0 aliphatic rings. The smallest absolute Gasteiger partial charge is 0.0108 e. The highest BCUT2D eigenvalue weighted by molar-refractivity contribution is 5.82. The van der Waals surface area contributed by atoms with Gasteiger partial charge >= 0.3 is 0 Å². The lowest BCUT2D eigenvalue weighted by Crippen LogP contribution is -2.32. The minimum absolute atomic E-state index is 0.285. The summed E-state index contributed by atoms with van der Waals surface area (Å²) in [6.07, 6.45) is 6.01. The molecule has 20 heavy (non-hydrogen) atoms. The van der Waals surface area contributed by atoms with Crippen molar-refractivity contribution < 1.29 is 0 Å². The van der Waals surface area contributed by atoms with Crippen molar-refractivity contribution in [1.29, 1.82) is 0 Å². The van der Waals surface area contributed by atoms with Crippen LogP contribution in [0.4, 0.5) is 0 Å². The summed E-state index contributed by atoms with van der Waals surface area (Å²) in [6.45, 7) is 4.52. The predicted octanol–water partition coefficient (Wildman–Crippen LogP) is 4.93. The number of hydrogen-bond acceptors (Lipinski definition) is 1. The maximum Gasteiger partial charge on any atom is 0.0108 e. The summed E-state index contributed by atoms with van der Waals surface area (Å²) in [5, 5.41) is 2.63. The molecule has 2 aromatic carbocycles. The average Bonchev–Trinajstić information content (AvgIpc) is 2.48. The number of rotatable bonds is 7. The summed E-state index contributed by atoms with van der Waals surface area (Å²) in [4.78, 5) is 0. The van der Waals surface area contributed by atoms with Crippen molar-refractivity contribution in [2.75, 3.05) is 0 Å². The standard InChI is InChI=1S/C19H27N/c1-3-5-8-16(4-2)19(20)14-15-11-12-17-9-6-7-10-18(17)13-15/h6-7,9-13,16,19H,3-5,8,14,20H2,1-2H3. The Balaban J connectivity index is 2.06. The van der Waals surface area contributed by atoms with E-state index in [1.807, 2.05) is 0 Å². The van der Waals surface area contributed by atoms with Gasteiger partial charge in [-0.1, -0.05) is 75.6 Å². The van der Waals surface area contributed by atoms with Crippen LogP contribution in [0.3, 0.4) is 0 Å². The molecule has 0 bridgehead atoms. The first-order chi connectivity index (χ1) is 9.74. The SMILES string of the molecule is CCCCC(CC)C(N)Cc1ccc2ccccc2c1. The van der Waals surface area contributed by atoms with Crippen molar-refractivity contribution in [2.24, 2.45) is 11.7 Å². The van der Waals surface area contributed by atoms with Gasteiger partial charge < -0.3 is 5.73 Å². The summed E-state index contributed by atoms with van der Waals surface area (Å²) in [7, 11) is 0. The Hall–Kier alpha value is -1.34. The normalized spacial score (nSPS) is 14.3. The van der Waals surface area contributed by atoms with Crippen molar-refractivity contribution in [3.05, 3.63) is 48.0 Å². The highest BCUT2D eigenvalue weighted by Crippen LogP contribution is 2.21. The highest BCUT2D eigenvalue weighted by Gasteiger charge is 2.15. The summed E-state index contributed by atoms with van der Waals surface area (Å²) in [5.41, 5.74) is 7.81. The Morgan fingerprint density at radius 2 is 1.75 bits per heavy atom. The summed E-state index contributed by atoms with van der Waals surface area (Å²) < 4.78 is 0. The van der Waals surface area contributed by atoms with Gasteiger partial charge in [-0.25, -0.2) is 0 Å². The molecule has 2 atom stereocenters. The van der Waals surface area contributed by atoms with Gasteiger partial charge in [0.2, 0.25) is 0 Å². The maximum absolute atomic E-state index is 6.45. The lowest BCUT2D eigenvalue weighted by atomic mass is 9.88. The zero-order valence-corrected chi connectivity index (χ0v) is 12.8. The molecule has 2 N–H and O–H groups in total. The maximum atomic E-state index is 6.45. The molecule has 2 rings (SSSR count). The molecule has 0 aromatic heterocycles. The fraction of sp³-hybridized carbons (Fsp3) is 0.474. The van der Waals surface area contributed by atoms with Crippen LogP contribution in [0.1, 0.15) is 45.1 Å². The summed E-state index contributed by atoms with van der Waals surface area (Å²) in [5.74, 6) is 0.654. The number of fused-ring (bicyclic) bond motifs is 1. The van der Waals surface area contributed by atoms with E-state index in [9.17, 15) is 0 Å². The second-order valence-corrected chi connectivity index (χ2v) is 5.86. The lowest BCUT2D eigenvalue weighted by Gasteiger charge is -2.22. The second kappa shape index (κ2) is 7.44. The first-order valence-electron chi connectivity index (χ1n) is 7.97. The Labute approximate surface area is 123 Å². The van der Waals surface area contributed by atoms with E-state index in [2.05, 4.69) is 56.3 Å². The Kier molecular flexibility index (Phi) is 5.60. The van der Waals surface area contributed by atoms with Crippen LogP contribution < -0.4 is 5.73 Å². The van der Waals surface area contributed by atoms with Gasteiger partial charge in [-0.3, -0.25) is 0 Å². The van der Waals surface area contributed by atoms with Gasteiger partial charge in [0, 0.05) is 6.04 Å². The topological polar surface area (TPSA) is 26.0 Å². The van der Waals surface area contributed by atoms with Crippen molar-refractivity contribution in [2.45, 2.75) is 52.0 Å². The molecule has 0 saturated heterocycles. The Morgan fingerprint density at radius 1 is 1.00 bits per heavy atom. The molecular formula is C19H27N. The summed E-state index contributed by atoms with van der Waals surface area (Å²) >= 11 is 0. The molecule has 0 radical (unpaired) electrons. The van der Waals surface area contributed by atoms with Crippen LogP contribution in [0.25, 0.3) is 10.8 Å². The highest BCUT2D eigenvalue weighted by atomic mass is 14.6. The third kappa shape index (κ3) is 3.83. The van der Waals surface area contributed by atoms with Gasteiger partial charge in [-0.15, -0.1) is 0 Å². The molecule has 0 amide bonds. The van der Waals surface area contributed by atoms with Gasteiger partial charge in [-0.2, -0.15) is 0 Å². The van der Waals surface area contributed by atoms with Gasteiger partial charge in [0.25, 0.3) is 0 Å². The zero-order chi connectivity index (χ0) is 14.4. The van der Waals surface area contributed by atoms with E-state index in [4.69, 9.17) is 5.73 Å². The largest absolute Gasteiger partial charge is 0.327 e. The Morgan fingerprint density at radius 3 is 2.45 bits per heavy atom. The number of benzene rings is 2. The number of nitrogens with two attached hydrogens (primary N) is 1. The van der Waals surface area contributed by atoms with Gasteiger partial charge in [0.15, 0.2) is 0 Å². The molecule has 0 aliphatic carbocycles. The first-order valence-corrected chi connectivity index (χ1v) is 7.97. The van der Waals surface area contributed by atoms with Crippen LogP contribution in [0.15, 0.2) is 42.5 Å². The van der Waals surface area contributed by atoms with Crippen LogP contribution in [0, 0.1) is 5.92 Å². The zero-order valence-electron chi connectivity index (χ0n) is 12.8. The average molecular weight is 269 g/mol. The van der Waals surface area contributed by atoms with E-state index in [1.165, 1.54) is 42.0 Å². The quantitative estimate of drug-likeness (QED) is 0.758. The van der Waals surface area contributed by atoms with Crippen molar-refractivity contribution in [3.8, 4) is 0 Å². The molecule has 2 unspecified atom stereocenters. The molecule has 1 nitrogen and oxygen atoms in total. The fourth-order valence-corrected chi connectivity index (χ4v) is 2.99. The number of unbranched alkanes of at least 4 members (excludes halogenated alkanes) is 1. The van der Waals surface area contributed by atoms with Gasteiger partial charge in [0.05, 0.1) is 0 Å². The molecule has 1 heteroatoms. The van der Waals surface area contributed by atoms with Crippen LogP contribution >= 0.6 is 0 Å². The van der Waals surface area contributed by atoms with Crippen LogP contribution in [-0.2, 0) is 6.42 Å².